The maximum atomic E-state index is 12.6. The second-order valence-corrected chi connectivity index (χ2v) is 7.58. The highest BCUT2D eigenvalue weighted by Crippen LogP contribution is 2.58. The number of amides is 2. The van der Waals surface area contributed by atoms with Crippen molar-refractivity contribution in [3.8, 4) is 0 Å². The van der Waals surface area contributed by atoms with E-state index in [9.17, 15) is 9.59 Å². The normalized spacial score (nSPS) is 23.9. The van der Waals surface area contributed by atoms with E-state index in [1.165, 1.54) is 5.56 Å². The summed E-state index contributed by atoms with van der Waals surface area (Å²) < 4.78 is 0. The van der Waals surface area contributed by atoms with Gasteiger partial charge in [-0.25, -0.2) is 0 Å². The van der Waals surface area contributed by atoms with E-state index in [1.807, 2.05) is 42.2 Å². The molecular formula is C21H23N3O2. The van der Waals surface area contributed by atoms with Crippen LogP contribution in [0.5, 0.6) is 0 Å². The summed E-state index contributed by atoms with van der Waals surface area (Å²) in [5.41, 5.74) is 2.95. The van der Waals surface area contributed by atoms with Gasteiger partial charge in [0.25, 0.3) is 0 Å². The topological polar surface area (TPSA) is 62.3 Å². The van der Waals surface area contributed by atoms with Crippen LogP contribution in [0.25, 0.3) is 0 Å². The van der Waals surface area contributed by atoms with Crippen LogP contribution in [-0.2, 0) is 16.0 Å². The summed E-state index contributed by atoms with van der Waals surface area (Å²) in [6.07, 6.45) is 5.55. The molecule has 5 nitrogen and oxygen atoms in total. The quantitative estimate of drug-likeness (QED) is 0.923. The average Bonchev–Trinajstić information content (AvgIpc) is 3.18. The van der Waals surface area contributed by atoms with Crippen LogP contribution >= 0.6 is 0 Å². The molecule has 4 rings (SSSR count). The van der Waals surface area contributed by atoms with Gasteiger partial charge >= 0.3 is 0 Å². The van der Waals surface area contributed by atoms with Gasteiger partial charge in [0.15, 0.2) is 0 Å². The van der Waals surface area contributed by atoms with Crippen LogP contribution in [0.1, 0.15) is 24.0 Å². The Balaban J connectivity index is 1.33. The molecule has 1 saturated carbocycles. The molecule has 2 amide bonds. The lowest BCUT2D eigenvalue weighted by Crippen LogP contribution is -2.31. The minimum Gasteiger partial charge on any atom is -0.342 e. The molecular weight excluding hydrogens is 326 g/mol. The van der Waals surface area contributed by atoms with Crippen molar-refractivity contribution in [2.45, 2.75) is 26.2 Å². The van der Waals surface area contributed by atoms with Crippen molar-refractivity contribution in [2.75, 3.05) is 18.4 Å². The second-order valence-electron chi connectivity index (χ2n) is 7.58. The molecule has 1 aliphatic carbocycles. The molecule has 2 atom stereocenters. The molecule has 2 heterocycles. The van der Waals surface area contributed by atoms with Crippen LogP contribution in [0, 0.1) is 18.3 Å². The summed E-state index contributed by atoms with van der Waals surface area (Å²) in [4.78, 5) is 31.0. The average molecular weight is 349 g/mol. The number of nitrogens with zero attached hydrogens (tertiary/aromatic N) is 2. The Morgan fingerprint density at radius 3 is 2.81 bits per heavy atom. The minimum absolute atomic E-state index is 0.000110. The zero-order valence-corrected chi connectivity index (χ0v) is 14.9. The Labute approximate surface area is 153 Å². The van der Waals surface area contributed by atoms with E-state index in [0.717, 1.165) is 30.6 Å². The second kappa shape index (κ2) is 6.56. The Kier molecular flexibility index (Phi) is 4.23. The number of hydrogen-bond donors (Lipinski definition) is 1. The lowest BCUT2D eigenvalue weighted by molar-refractivity contribution is -0.129. The summed E-state index contributed by atoms with van der Waals surface area (Å²) in [6.45, 7) is 3.49. The van der Waals surface area contributed by atoms with E-state index in [-0.39, 0.29) is 23.1 Å². The van der Waals surface area contributed by atoms with Crippen LogP contribution in [0.4, 0.5) is 5.69 Å². The molecule has 0 bridgehead atoms. The van der Waals surface area contributed by atoms with Crippen LogP contribution in [0.15, 0.2) is 48.8 Å². The number of pyridine rings is 1. The molecule has 2 unspecified atom stereocenters. The third-order valence-electron chi connectivity index (χ3n) is 5.65. The van der Waals surface area contributed by atoms with E-state index >= 15 is 0 Å². The van der Waals surface area contributed by atoms with Gasteiger partial charge in [0.2, 0.25) is 11.8 Å². The first kappa shape index (κ1) is 16.8. The predicted molar refractivity (Wildman–Crippen MR) is 99.5 cm³/mol. The molecule has 1 aromatic carbocycles. The lowest BCUT2D eigenvalue weighted by atomic mass is 10.0. The molecule has 1 aliphatic heterocycles. The molecule has 0 radical (unpaired) electrons. The number of aryl methyl sites for hydroxylation is 1. The van der Waals surface area contributed by atoms with Gasteiger partial charge in [-0.3, -0.25) is 14.6 Å². The smallest absolute Gasteiger partial charge is 0.228 e. The minimum atomic E-state index is -0.0186. The lowest BCUT2D eigenvalue weighted by Gasteiger charge is -2.17. The first-order chi connectivity index (χ1) is 12.6. The van der Waals surface area contributed by atoms with Gasteiger partial charge in [0.05, 0.1) is 18.3 Å². The van der Waals surface area contributed by atoms with Crippen LogP contribution in [0.3, 0.4) is 0 Å². The fourth-order valence-corrected chi connectivity index (χ4v) is 3.94. The fourth-order valence-electron chi connectivity index (χ4n) is 3.94. The zero-order valence-electron chi connectivity index (χ0n) is 14.9. The van der Waals surface area contributed by atoms with Gasteiger partial charge in [0, 0.05) is 30.6 Å². The van der Waals surface area contributed by atoms with Crippen molar-refractivity contribution in [1.82, 2.24) is 9.88 Å². The Morgan fingerprint density at radius 1 is 1.27 bits per heavy atom. The largest absolute Gasteiger partial charge is 0.342 e. The van der Waals surface area contributed by atoms with E-state index in [4.69, 9.17) is 0 Å². The third-order valence-corrected chi connectivity index (χ3v) is 5.65. The van der Waals surface area contributed by atoms with Crippen molar-refractivity contribution in [2.24, 2.45) is 11.3 Å². The molecule has 1 spiro atoms. The molecule has 1 N–H and O–H groups in total. The highest BCUT2D eigenvalue weighted by molar-refractivity contribution is 5.95. The Hall–Kier alpha value is -2.69. The molecule has 134 valence electrons. The highest BCUT2D eigenvalue weighted by atomic mass is 16.2. The third kappa shape index (κ3) is 3.34. The summed E-state index contributed by atoms with van der Waals surface area (Å²) >= 11 is 0. The molecule has 2 aromatic rings. The van der Waals surface area contributed by atoms with Crippen molar-refractivity contribution in [3.05, 3.63) is 59.9 Å². The molecule has 1 saturated heterocycles. The van der Waals surface area contributed by atoms with Crippen LogP contribution < -0.4 is 5.32 Å². The van der Waals surface area contributed by atoms with Gasteiger partial charge in [-0.2, -0.15) is 0 Å². The van der Waals surface area contributed by atoms with Gasteiger partial charge in [-0.15, -0.1) is 0 Å². The Bertz CT molecular complexity index is 819. The number of rotatable bonds is 4. The molecule has 5 heteroatoms. The molecule has 2 aliphatic rings. The van der Waals surface area contributed by atoms with Crippen molar-refractivity contribution in [1.29, 1.82) is 0 Å². The standard InChI is InChI=1S/C21H23N3O2/c1-15-4-6-16(7-5-15)11-19(25)24-10-8-21(14-24)12-18(21)20(26)23-17-3-2-9-22-13-17/h2-7,9,13,18H,8,10-12,14H2,1H3,(H,23,26). The number of carbonyl (C=O) groups excluding carboxylic acids is 2. The summed E-state index contributed by atoms with van der Waals surface area (Å²) in [5.74, 6) is 0.203. The van der Waals surface area contributed by atoms with E-state index in [1.54, 1.807) is 18.5 Å². The van der Waals surface area contributed by atoms with Crippen molar-refractivity contribution in [3.63, 3.8) is 0 Å². The number of hydrogen-bond acceptors (Lipinski definition) is 3. The number of likely N-dealkylation sites (tertiary alicyclic amines) is 1. The maximum Gasteiger partial charge on any atom is 0.228 e. The monoisotopic (exact) mass is 349 g/mol. The van der Waals surface area contributed by atoms with Crippen LogP contribution in [0.2, 0.25) is 0 Å². The van der Waals surface area contributed by atoms with Gasteiger partial charge < -0.3 is 10.2 Å². The number of aromatic nitrogens is 1. The van der Waals surface area contributed by atoms with Gasteiger partial charge in [-0.1, -0.05) is 29.8 Å². The fraction of sp³-hybridized carbons (Fsp3) is 0.381. The van der Waals surface area contributed by atoms with E-state index in [2.05, 4.69) is 10.3 Å². The summed E-state index contributed by atoms with van der Waals surface area (Å²) in [6, 6.07) is 11.7. The first-order valence-electron chi connectivity index (χ1n) is 9.10. The van der Waals surface area contributed by atoms with Gasteiger partial charge in [-0.05, 0) is 37.5 Å². The summed E-state index contributed by atoms with van der Waals surface area (Å²) in [7, 11) is 0. The molecule has 26 heavy (non-hydrogen) atoms. The van der Waals surface area contributed by atoms with Gasteiger partial charge in [0.1, 0.15) is 0 Å². The molecule has 1 aromatic heterocycles. The number of benzene rings is 1. The highest BCUT2D eigenvalue weighted by Gasteiger charge is 2.61. The molecule has 2 fully saturated rings. The maximum absolute atomic E-state index is 12.6. The number of carbonyl (C=O) groups is 2. The van der Waals surface area contributed by atoms with Crippen LogP contribution in [-0.4, -0.2) is 34.8 Å². The number of anilines is 1. The zero-order chi connectivity index (χ0) is 18.1. The van der Waals surface area contributed by atoms with Crippen molar-refractivity contribution >= 4 is 17.5 Å². The first-order valence-corrected chi connectivity index (χ1v) is 9.10. The predicted octanol–water partition coefficient (Wildman–Crippen LogP) is 2.81. The van der Waals surface area contributed by atoms with E-state index in [0.29, 0.717) is 13.0 Å². The number of nitrogens with one attached hydrogen (secondary N) is 1. The van der Waals surface area contributed by atoms with Crippen molar-refractivity contribution < 1.29 is 9.59 Å². The summed E-state index contributed by atoms with van der Waals surface area (Å²) in [5, 5.41) is 2.94. The SMILES string of the molecule is Cc1ccc(CC(=O)N2CCC3(CC3C(=O)Nc3cccnc3)C2)cc1. The van der Waals surface area contributed by atoms with E-state index < -0.39 is 0 Å². The Morgan fingerprint density at radius 2 is 2.08 bits per heavy atom.